The third-order valence-corrected chi connectivity index (χ3v) is 6.55. The molecule has 0 unspecified atom stereocenters. The van der Waals surface area contributed by atoms with E-state index in [0.29, 0.717) is 0 Å². The summed E-state index contributed by atoms with van der Waals surface area (Å²) in [5.41, 5.74) is 0. The first-order valence-corrected chi connectivity index (χ1v) is 11.4. The Morgan fingerprint density at radius 2 is 0.806 bits per heavy atom. The summed E-state index contributed by atoms with van der Waals surface area (Å²) in [5, 5.41) is 91.6. The van der Waals surface area contributed by atoms with Crippen LogP contribution in [-0.4, -0.2) is 172 Å². The van der Waals surface area contributed by atoms with Gasteiger partial charge in [0, 0.05) is 14.2 Å². The van der Waals surface area contributed by atoms with Crippen LogP contribution in [0.5, 0.6) is 0 Å². The second-order valence-electron chi connectivity index (χ2n) is 8.76. The SMILES string of the molecule is CO[C@@H]1O[C@H](CO)[C@H](O[C@@H]2O[C@H](CO)[C@H](O[C@@H]3O[C@H](CO)[C@H](OC)[C@H](O)[C@H]3O)[C@H](O)[C@H]2O)[C@H](O)[C@H]1O. The summed E-state index contributed by atoms with van der Waals surface area (Å²) in [4.78, 5) is 0. The topological polar surface area (TPSA) is 247 Å². The Labute approximate surface area is 206 Å². The standard InChI is InChI=1S/C20H36O16/c1-30-15-6(3-21)33-19(13(28)9(15)24)36-17-8(5-23)34-20(14(29)11(17)26)35-16-7(4-22)32-18(31-2)12(27)10(16)25/h6-29H,3-5H2,1-2H3/t6-,7-,8-,9-,10-,11-,12-,13-,14-,15+,16+,17+,18-,19+,20+/m1/s1. The van der Waals surface area contributed by atoms with Gasteiger partial charge in [0.05, 0.1) is 19.8 Å². The van der Waals surface area contributed by atoms with Crippen LogP contribution in [0.4, 0.5) is 0 Å². The molecule has 3 rings (SSSR count). The zero-order valence-corrected chi connectivity index (χ0v) is 19.7. The van der Waals surface area contributed by atoms with Gasteiger partial charge < -0.3 is 79.1 Å². The lowest BCUT2D eigenvalue weighted by Crippen LogP contribution is -2.66. The maximum Gasteiger partial charge on any atom is 0.187 e. The van der Waals surface area contributed by atoms with E-state index in [1.165, 1.54) is 14.2 Å². The molecule has 0 spiro atoms. The molecule has 0 radical (unpaired) electrons. The number of hydrogen-bond acceptors (Lipinski definition) is 16. The van der Waals surface area contributed by atoms with Crippen LogP contribution in [0.2, 0.25) is 0 Å². The van der Waals surface area contributed by atoms with Crippen LogP contribution in [0.15, 0.2) is 0 Å². The highest BCUT2D eigenvalue weighted by Gasteiger charge is 2.53. The maximum atomic E-state index is 10.7. The van der Waals surface area contributed by atoms with Gasteiger partial charge in [0.2, 0.25) is 0 Å². The minimum Gasteiger partial charge on any atom is -0.394 e. The average Bonchev–Trinajstić information content (AvgIpc) is 2.88. The fourth-order valence-corrected chi connectivity index (χ4v) is 4.51. The molecule has 9 N–H and O–H groups in total. The van der Waals surface area contributed by atoms with E-state index < -0.39 is 112 Å². The fourth-order valence-electron chi connectivity index (χ4n) is 4.51. The van der Waals surface area contributed by atoms with E-state index in [-0.39, 0.29) is 0 Å². The summed E-state index contributed by atoms with van der Waals surface area (Å²) < 4.78 is 37.3. The third kappa shape index (κ3) is 5.84. The lowest BCUT2D eigenvalue weighted by Gasteiger charge is -2.48. The molecule has 0 aliphatic carbocycles. The minimum atomic E-state index is -1.85. The van der Waals surface area contributed by atoms with Gasteiger partial charge in [-0.3, -0.25) is 0 Å². The average molecular weight is 532 g/mol. The van der Waals surface area contributed by atoms with Crippen LogP contribution in [-0.2, 0) is 33.2 Å². The summed E-state index contributed by atoms with van der Waals surface area (Å²) in [5.74, 6) is 0. The second-order valence-corrected chi connectivity index (χ2v) is 8.76. The number of rotatable bonds is 9. The van der Waals surface area contributed by atoms with Crippen molar-refractivity contribution in [1.82, 2.24) is 0 Å². The largest absolute Gasteiger partial charge is 0.394 e. The zero-order chi connectivity index (χ0) is 26.7. The fraction of sp³-hybridized carbons (Fsp3) is 1.00. The van der Waals surface area contributed by atoms with E-state index in [9.17, 15) is 46.0 Å². The first kappa shape index (κ1) is 29.9. The van der Waals surface area contributed by atoms with Gasteiger partial charge in [0.25, 0.3) is 0 Å². The van der Waals surface area contributed by atoms with Crippen molar-refractivity contribution in [2.24, 2.45) is 0 Å². The van der Waals surface area contributed by atoms with Crippen molar-refractivity contribution in [2.75, 3.05) is 34.0 Å². The first-order valence-electron chi connectivity index (χ1n) is 11.4. The summed E-state index contributed by atoms with van der Waals surface area (Å²) in [6.45, 7) is -2.03. The van der Waals surface area contributed by atoms with Crippen LogP contribution in [0.1, 0.15) is 0 Å². The van der Waals surface area contributed by atoms with Crippen LogP contribution < -0.4 is 0 Å². The van der Waals surface area contributed by atoms with E-state index in [2.05, 4.69) is 0 Å². The van der Waals surface area contributed by atoms with Gasteiger partial charge >= 0.3 is 0 Å². The summed E-state index contributed by atoms with van der Waals surface area (Å²) in [6.07, 6.45) is -22.4. The van der Waals surface area contributed by atoms with E-state index in [1.54, 1.807) is 0 Å². The van der Waals surface area contributed by atoms with E-state index >= 15 is 0 Å². The quantitative estimate of drug-likeness (QED) is 0.134. The van der Waals surface area contributed by atoms with Gasteiger partial charge in [-0.05, 0) is 0 Å². The lowest BCUT2D eigenvalue weighted by molar-refractivity contribution is -0.379. The van der Waals surface area contributed by atoms with Gasteiger partial charge in [-0.1, -0.05) is 0 Å². The van der Waals surface area contributed by atoms with Gasteiger partial charge in [-0.15, -0.1) is 0 Å². The van der Waals surface area contributed by atoms with Crippen LogP contribution in [0, 0.1) is 0 Å². The Morgan fingerprint density at radius 3 is 1.17 bits per heavy atom. The summed E-state index contributed by atoms with van der Waals surface area (Å²) in [7, 11) is 2.46. The van der Waals surface area contributed by atoms with Crippen LogP contribution in [0.3, 0.4) is 0 Å². The highest BCUT2D eigenvalue weighted by molar-refractivity contribution is 4.96. The molecule has 0 bridgehead atoms. The molecule has 16 heteroatoms. The summed E-state index contributed by atoms with van der Waals surface area (Å²) >= 11 is 0. The Hall–Kier alpha value is -0.640. The summed E-state index contributed by atoms with van der Waals surface area (Å²) in [6, 6.07) is 0. The maximum absolute atomic E-state index is 10.7. The number of ether oxygens (including phenoxy) is 7. The highest BCUT2D eigenvalue weighted by atomic mass is 16.8. The van der Waals surface area contributed by atoms with Crippen LogP contribution in [0.25, 0.3) is 0 Å². The van der Waals surface area contributed by atoms with Gasteiger partial charge in [-0.25, -0.2) is 0 Å². The van der Waals surface area contributed by atoms with Gasteiger partial charge in [-0.2, -0.15) is 0 Å². The molecule has 15 atom stereocenters. The molecule has 3 heterocycles. The van der Waals surface area contributed by atoms with E-state index in [0.717, 1.165) is 0 Å². The van der Waals surface area contributed by atoms with Crippen molar-refractivity contribution in [1.29, 1.82) is 0 Å². The smallest absolute Gasteiger partial charge is 0.187 e. The van der Waals surface area contributed by atoms with Gasteiger partial charge in [0.15, 0.2) is 18.9 Å². The molecular weight excluding hydrogens is 496 g/mol. The minimum absolute atomic E-state index is 0.596. The monoisotopic (exact) mass is 532 g/mol. The molecule has 3 fully saturated rings. The van der Waals surface area contributed by atoms with Crippen molar-refractivity contribution in [3.05, 3.63) is 0 Å². The molecule has 0 aromatic rings. The number of methoxy groups -OCH3 is 2. The molecular formula is C20H36O16. The predicted molar refractivity (Wildman–Crippen MR) is 111 cm³/mol. The Morgan fingerprint density at radius 1 is 0.472 bits per heavy atom. The third-order valence-electron chi connectivity index (χ3n) is 6.55. The van der Waals surface area contributed by atoms with Crippen molar-refractivity contribution in [3.8, 4) is 0 Å². The molecule has 212 valence electrons. The lowest BCUT2D eigenvalue weighted by atomic mass is 9.96. The molecule has 0 aromatic heterocycles. The van der Waals surface area contributed by atoms with Crippen molar-refractivity contribution in [3.63, 3.8) is 0 Å². The van der Waals surface area contributed by atoms with E-state index in [1.807, 2.05) is 0 Å². The van der Waals surface area contributed by atoms with Gasteiger partial charge in [0.1, 0.15) is 73.2 Å². The molecule has 3 aliphatic rings. The predicted octanol–water partition coefficient (Wildman–Crippen LogP) is -6.26. The Bertz CT molecular complexity index is 666. The Balaban J connectivity index is 1.72. The number of aliphatic hydroxyl groups excluding tert-OH is 9. The highest BCUT2D eigenvalue weighted by Crippen LogP contribution is 2.32. The first-order chi connectivity index (χ1) is 17.1. The Kier molecular flexibility index (Phi) is 10.8. The molecule has 16 nitrogen and oxygen atoms in total. The van der Waals surface area contributed by atoms with Crippen LogP contribution >= 0.6 is 0 Å². The molecule has 3 aliphatic heterocycles. The molecule has 3 saturated heterocycles. The van der Waals surface area contributed by atoms with Crippen molar-refractivity contribution < 1.29 is 79.1 Å². The molecule has 0 amide bonds. The number of aliphatic hydroxyl groups is 9. The zero-order valence-electron chi connectivity index (χ0n) is 19.7. The molecule has 36 heavy (non-hydrogen) atoms. The molecule has 0 saturated carbocycles. The van der Waals surface area contributed by atoms with E-state index in [4.69, 9.17) is 33.2 Å². The van der Waals surface area contributed by atoms with Crippen molar-refractivity contribution in [2.45, 2.75) is 92.1 Å². The normalized spacial score (nSPS) is 50.2. The van der Waals surface area contributed by atoms with Crippen molar-refractivity contribution >= 4 is 0 Å². The second kappa shape index (κ2) is 12.9. The number of hydrogen-bond donors (Lipinski definition) is 9. The molecule has 0 aromatic carbocycles.